The summed E-state index contributed by atoms with van der Waals surface area (Å²) in [4.78, 5) is 21.6. The normalized spacial score (nSPS) is 17.1. The summed E-state index contributed by atoms with van der Waals surface area (Å²) in [6.07, 6.45) is 9.38. The molecule has 0 aliphatic carbocycles. The predicted octanol–water partition coefficient (Wildman–Crippen LogP) is 2.72. The van der Waals surface area contributed by atoms with Crippen LogP contribution in [0.4, 0.5) is 0 Å². The van der Waals surface area contributed by atoms with Gasteiger partial charge in [0.2, 0.25) is 0 Å². The number of unbranched alkanes of at least 4 members (excludes halogenated alkanes) is 14. The molecule has 13 heteroatoms. The number of aliphatic hydroxyl groups is 6. The van der Waals surface area contributed by atoms with Gasteiger partial charge in [-0.2, -0.15) is 0 Å². The van der Waals surface area contributed by atoms with Crippen molar-refractivity contribution in [2.75, 3.05) is 26.4 Å². The van der Waals surface area contributed by atoms with Crippen molar-refractivity contribution in [2.24, 2.45) is 0 Å². The summed E-state index contributed by atoms with van der Waals surface area (Å²) < 4.78 is 26.2. The van der Waals surface area contributed by atoms with E-state index in [0.29, 0.717) is 6.42 Å². The van der Waals surface area contributed by atoms with E-state index in [1.807, 2.05) is 0 Å². The molecule has 0 aliphatic heterocycles. The smallest absolute Gasteiger partial charge is 0.463 e. The van der Waals surface area contributed by atoms with E-state index in [2.05, 4.69) is 16.0 Å². The van der Waals surface area contributed by atoms with E-state index < -0.39 is 70.7 Å². The molecular formula is C27H55O12P. The lowest BCUT2D eigenvalue weighted by molar-refractivity contribution is -0.147. The van der Waals surface area contributed by atoms with Crippen molar-refractivity contribution in [1.82, 2.24) is 0 Å². The van der Waals surface area contributed by atoms with Crippen molar-refractivity contribution in [3.05, 3.63) is 0 Å². The zero-order valence-corrected chi connectivity index (χ0v) is 25.0. The van der Waals surface area contributed by atoms with Gasteiger partial charge in [0.25, 0.3) is 0 Å². The van der Waals surface area contributed by atoms with Gasteiger partial charge in [-0.05, 0) is 6.42 Å². The highest BCUT2D eigenvalue weighted by atomic mass is 31.2. The minimum Gasteiger partial charge on any atom is -0.463 e. The Morgan fingerprint density at radius 1 is 0.700 bits per heavy atom. The van der Waals surface area contributed by atoms with Gasteiger partial charge in [0.15, 0.2) is 0 Å². The van der Waals surface area contributed by atoms with Gasteiger partial charge in [-0.1, -0.05) is 96.8 Å². The first-order valence-electron chi connectivity index (χ1n) is 14.8. The topological polar surface area (TPSA) is 203 Å². The molecule has 0 spiro atoms. The second-order valence-corrected chi connectivity index (χ2v) is 11.8. The SMILES string of the molecule is CCCCCCCCCCCCCCCCCC(=O)OC[C@@H](O)COP(=O)(O)O[C@H](CO)[C@@H](O)[C@H](O)[C@H](O)CO. The maximum atomic E-state index is 12.0. The molecule has 0 aliphatic rings. The summed E-state index contributed by atoms with van der Waals surface area (Å²) in [5.74, 6) is -0.503. The Kier molecular flexibility index (Phi) is 24.5. The zero-order chi connectivity index (χ0) is 30.2. The van der Waals surface area contributed by atoms with E-state index in [1.54, 1.807) is 0 Å². The van der Waals surface area contributed by atoms with Gasteiger partial charge >= 0.3 is 13.8 Å². The summed E-state index contributed by atoms with van der Waals surface area (Å²) in [5.41, 5.74) is 0. The molecule has 240 valence electrons. The van der Waals surface area contributed by atoms with Crippen LogP contribution in [0, 0.1) is 0 Å². The number of esters is 1. The summed E-state index contributed by atoms with van der Waals surface area (Å²) in [5, 5.41) is 56.8. The third kappa shape index (κ3) is 21.1. The second kappa shape index (κ2) is 24.9. The largest absolute Gasteiger partial charge is 0.472 e. The van der Waals surface area contributed by atoms with Crippen LogP contribution < -0.4 is 0 Å². The minimum absolute atomic E-state index is 0.200. The maximum absolute atomic E-state index is 12.0. The lowest BCUT2D eigenvalue weighted by Crippen LogP contribution is -2.47. The Morgan fingerprint density at radius 3 is 1.62 bits per heavy atom. The number of hydrogen-bond acceptors (Lipinski definition) is 11. The minimum atomic E-state index is -4.92. The molecule has 0 heterocycles. The lowest BCUT2D eigenvalue weighted by atomic mass is 10.0. The molecule has 0 aromatic heterocycles. The molecule has 7 N–H and O–H groups in total. The Bertz CT molecular complexity index is 653. The zero-order valence-electron chi connectivity index (χ0n) is 24.1. The van der Waals surface area contributed by atoms with E-state index in [4.69, 9.17) is 9.84 Å². The molecule has 0 amide bonds. The molecule has 0 fully saturated rings. The Balaban J connectivity index is 3.86. The molecule has 0 aromatic carbocycles. The van der Waals surface area contributed by atoms with Crippen LogP contribution in [0.3, 0.4) is 0 Å². The van der Waals surface area contributed by atoms with Crippen LogP contribution >= 0.6 is 7.82 Å². The van der Waals surface area contributed by atoms with Gasteiger partial charge in [0.1, 0.15) is 37.1 Å². The van der Waals surface area contributed by atoms with Crippen LogP contribution in [-0.2, 0) is 23.1 Å². The number of aliphatic hydroxyl groups excluding tert-OH is 6. The molecule has 12 nitrogen and oxygen atoms in total. The van der Waals surface area contributed by atoms with Crippen LogP contribution in [0.5, 0.6) is 0 Å². The second-order valence-electron chi connectivity index (χ2n) is 10.4. The van der Waals surface area contributed by atoms with E-state index in [1.165, 1.54) is 70.6 Å². The summed E-state index contributed by atoms with van der Waals surface area (Å²) in [6, 6.07) is 0. The molecule has 0 saturated carbocycles. The number of hydrogen-bond donors (Lipinski definition) is 7. The molecule has 0 rings (SSSR count). The molecule has 0 radical (unpaired) electrons. The predicted molar refractivity (Wildman–Crippen MR) is 149 cm³/mol. The highest BCUT2D eigenvalue weighted by molar-refractivity contribution is 7.47. The average molecular weight is 603 g/mol. The molecule has 0 saturated heterocycles. The Morgan fingerprint density at radius 2 is 1.18 bits per heavy atom. The molecule has 1 unspecified atom stereocenters. The first-order valence-corrected chi connectivity index (χ1v) is 16.3. The summed E-state index contributed by atoms with van der Waals surface area (Å²) in [7, 11) is -4.92. The molecule has 0 bridgehead atoms. The number of carbonyl (C=O) groups excluding carboxylic acids is 1. The molecule has 6 atom stereocenters. The van der Waals surface area contributed by atoms with Crippen molar-refractivity contribution in [3.63, 3.8) is 0 Å². The summed E-state index contributed by atoms with van der Waals surface area (Å²) in [6.45, 7) is -0.918. The van der Waals surface area contributed by atoms with Crippen molar-refractivity contribution >= 4 is 13.8 Å². The molecular weight excluding hydrogens is 547 g/mol. The fourth-order valence-corrected chi connectivity index (χ4v) is 5.05. The first kappa shape index (κ1) is 39.3. The van der Waals surface area contributed by atoms with E-state index in [9.17, 15) is 39.8 Å². The van der Waals surface area contributed by atoms with Crippen molar-refractivity contribution in [2.45, 2.75) is 140 Å². The van der Waals surface area contributed by atoms with E-state index >= 15 is 0 Å². The van der Waals surface area contributed by atoms with E-state index in [0.717, 1.165) is 19.3 Å². The number of rotatable bonds is 28. The first-order chi connectivity index (χ1) is 19.1. The van der Waals surface area contributed by atoms with Crippen LogP contribution in [0.15, 0.2) is 0 Å². The van der Waals surface area contributed by atoms with Gasteiger partial charge in [-0.25, -0.2) is 4.57 Å². The quantitative estimate of drug-likeness (QED) is 0.0392. The fraction of sp³-hybridized carbons (Fsp3) is 0.963. The van der Waals surface area contributed by atoms with Crippen molar-refractivity contribution < 1.29 is 58.7 Å². The number of ether oxygens (including phenoxy) is 1. The molecule has 0 aromatic rings. The Hall–Kier alpha value is -0.660. The average Bonchev–Trinajstić information content (AvgIpc) is 2.94. The van der Waals surface area contributed by atoms with Gasteiger partial charge < -0.3 is 40.3 Å². The number of carbonyl (C=O) groups is 1. The lowest BCUT2D eigenvalue weighted by Gasteiger charge is -2.28. The standard InChI is InChI=1S/C27H55O12P/c1-2-3-4-5-6-7-8-9-10-11-12-13-14-15-16-17-25(32)37-20-22(30)21-38-40(35,36)39-24(19-29)27(34)26(33)23(31)18-28/h22-24,26-31,33-34H,2-21H2,1H3,(H,35,36)/t22-,23-,24-,26-,27-/m1/s1. The third-order valence-corrected chi connectivity index (χ3v) is 7.62. The Labute approximate surface area is 239 Å². The highest BCUT2D eigenvalue weighted by Crippen LogP contribution is 2.45. The van der Waals surface area contributed by atoms with Crippen LogP contribution in [0.1, 0.15) is 110 Å². The highest BCUT2D eigenvalue weighted by Gasteiger charge is 2.37. The monoisotopic (exact) mass is 602 g/mol. The fourth-order valence-electron chi connectivity index (χ4n) is 4.09. The van der Waals surface area contributed by atoms with Crippen LogP contribution in [-0.4, -0.2) is 98.4 Å². The molecule has 40 heavy (non-hydrogen) atoms. The van der Waals surface area contributed by atoms with Crippen LogP contribution in [0.2, 0.25) is 0 Å². The van der Waals surface area contributed by atoms with Gasteiger partial charge in [0, 0.05) is 6.42 Å². The number of phosphoric acid groups is 1. The third-order valence-electron chi connectivity index (χ3n) is 6.61. The van der Waals surface area contributed by atoms with Crippen molar-refractivity contribution in [1.29, 1.82) is 0 Å². The number of phosphoric ester groups is 1. The van der Waals surface area contributed by atoms with Gasteiger partial charge in [-0.15, -0.1) is 0 Å². The summed E-state index contributed by atoms with van der Waals surface area (Å²) >= 11 is 0. The van der Waals surface area contributed by atoms with Crippen molar-refractivity contribution in [3.8, 4) is 0 Å². The van der Waals surface area contributed by atoms with Gasteiger partial charge in [0.05, 0.1) is 19.8 Å². The van der Waals surface area contributed by atoms with Crippen LogP contribution in [0.25, 0.3) is 0 Å². The van der Waals surface area contributed by atoms with E-state index in [-0.39, 0.29) is 6.42 Å². The van der Waals surface area contributed by atoms with Gasteiger partial charge in [-0.3, -0.25) is 13.8 Å². The maximum Gasteiger partial charge on any atom is 0.472 e.